The molecule has 0 saturated heterocycles. The molecule has 1 heterocycles. The lowest BCUT2D eigenvalue weighted by molar-refractivity contribution is -0.118. The molecule has 21 heavy (non-hydrogen) atoms. The van der Waals surface area contributed by atoms with Gasteiger partial charge in [-0.3, -0.25) is 4.79 Å². The lowest BCUT2D eigenvalue weighted by Crippen LogP contribution is -2.27. The smallest absolute Gasteiger partial charge is 0.257 e. The number of hydrogen-bond acceptors (Lipinski definition) is 6. The number of rotatable bonds is 5. The Kier molecular flexibility index (Phi) is 4.37. The van der Waals surface area contributed by atoms with E-state index in [9.17, 15) is 13.2 Å². The van der Waals surface area contributed by atoms with Crippen LogP contribution in [0.25, 0.3) is 11.5 Å². The molecule has 0 unspecified atom stereocenters. The summed E-state index contributed by atoms with van der Waals surface area (Å²) < 4.78 is 28.6. The Labute approximate surface area is 122 Å². The van der Waals surface area contributed by atoms with Crippen LogP contribution < -0.4 is 5.32 Å². The minimum atomic E-state index is -3.62. The molecule has 0 atom stereocenters. The lowest BCUT2D eigenvalue weighted by atomic mass is 10.1. The Morgan fingerprint density at radius 2 is 1.95 bits per heavy atom. The van der Waals surface area contributed by atoms with Crippen LogP contribution in [0.4, 0.5) is 0 Å². The molecule has 7 nitrogen and oxygen atoms in total. The molecule has 1 aromatic carbocycles. The number of hydrogen-bond donors (Lipinski definition) is 1. The quantitative estimate of drug-likeness (QED) is 0.872. The van der Waals surface area contributed by atoms with Gasteiger partial charge in [-0.15, -0.1) is 0 Å². The molecule has 112 valence electrons. The van der Waals surface area contributed by atoms with Gasteiger partial charge in [-0.1, -0.05) is 22.9 Å². The van der Waals surface area contributed by atoms with Gasteiger partial charge in [-0.05, 0) is 19.1 Å². The Bertz CT molecular complexity index is 735. The number of nitrogens with one attached hydrogen (secondary N) is 1. The summed E-state index contributed by atoms with van der Waals surface area (Å²) in [5.41, 5.74) is 1.80. The molecule has 0 aliphatic rings. The highest BCUT2D eigenvalue weighted by atomic mass is 32.2. The largest absolute Gasteiger partial charge is 0.358 e. The van der Waals surface area contributed by atoms with E-state index in [-0.39, 0.29) is 11.7 Å². The number of sulfone groups is 1. The maximum atomic E-state index is 11.8. The normalized spacial score (nSPS) is 11.3. The van der Waals surface area contributed by atoms with E-state index in [4.69, 9.17) is 4.52 Å². The minimum Gasteiger partial charge on any atom is -0.358 e. The molecule has 0 fully saturated rings. The minimum absolute atomic E-state index is 0.0366. The molecule has 0 spiro atoms. The summed E-state index contributed by atoms with van der Waals surface area (Å²) in [6.45, 7) is 1.95. The van der Waals surface area contributed by atoms with Crippen LogP contribution in [0.15, 0.2) is 28.8 Å². The number of aromatic nitrogens is 2. The van der Waals surface area contributed by atoms with E-state index < -0.39 is 27.3 Å². The van der Waals surface area contributed by atoms with Crippen molar-refractivity contribution in [2.24, 2.45) is 0 Å². The van der Waals surface area contributed by atoms with Gasteiger partial charge in [0.15, 0.2) is 15.7 Å². The van der Waals surface area contributed by atoms with Crippen molar-refractivity contribution in [3.05, 3.63) is 35.7 Å². The number of nitrogens with zero attached hydrogens (tertiary/aromatic N) is 2. The average molecular weight is 309 g/mol. The van der Waals surface area contributed by atoms with Crippen LogP contribution in [0, 0.1) is 6.92 Å². The van der Waals surface area contributed by atoms with Gasteiger partial charge < -0.3 is 9.84 Å². The van der Waals surface area contributed by atoms with E-state index in [0.717, 1.165) is 5.56 Å². The van der Waals surface area contributed by atoms with Gasteiger partial charge in [-0.25, -0.2) is 8.42 Å². The van der Waals surface area contributed by atoms with Crippen LogP contribution >= 0.6 is 0 Å². The molecule has 0 radical (unpaired) electrons. The van der Waals surface area contributed by atoms with Gasteiger partial charge in [0.05, 0.1) is 0 Å². The fourth-order valence-electron chi connectivity index (χ4n) is 1.65. The van der Waals surface area contributed by atoms with Gasteiger partial charge in [0, 0.05) is 12.6 Å². The van der Waals surface area contributed by atoms with Crippen molar-refractivity contribution < 1.29 is 17.7 Å². The van der Waals surface area contributed by atoms with Crippen molar-refractivity contribution in [2.45, 2.75) is 12.7 Å². The van der Waals surface area contributed by atoms with E-state index in [1.165, 1.54) is 7.05 Å². The third-order valence-corrected chi connectivity index (χ3v) is 4.15. The third-order valence-electron chi connectivity index (χ3n) is 2.75. The maximum Gasteiger partial charge on any atom is 0.257 e. The van der Waals surface area contributed by atoms with E-state index >= 15 is 0 Å². The Morgan fingerprint density at radius 1 is 1.29 bits per heavy atom. The van der Waals surface area contributed by atoms with Crippen molar-refractivity contribution in [3.8, 4) is 11.5 Å². The summed E-state index contributed by atoms with van der Waals surface area (Å²) in [5.74, 6) is -1.32. The average Bonchev–Trinajstić information content (AvgIpc) is 2.86. The predicted octanol–water partition coefficient (Wildman–Crippen LogP) is 0.706. The highest BCUT2D eigenvalue weighted by Gasteiger charge is 2.20. The predicted molar refractivity (Wildman–Crippen MR) is 76.0 cm³/mol. The summed E-state index contributed by atoms with van der Waals surface area (Å²) in [7, 11) is -2.24. The van der Waals surface area contributed by atoms with E-state index in [2.05, 4.69) is 15.5 Å². The summed E-state index contributed by atoms with van der Waals surface area (Å²) in [5, 5.41) is 5.90. The summed E-state index contributed by atoms with van der Waals surface area (Å²) in [6.07, 6.45) is 0. The zero-order valence-corrected chi connectivity index (χ0v) is 12.5. The van der Waals surface area contributed by atoms with Crippen molar-refractivity contribution >= 4 is 15.7 Å². The molecular formula is C13H15N3O4S. The molecule has 0 bridgehead atoms. The fourth-order valence-corrected chi connectivity index (χ4v) is 2.80. The highest BCUT2D eigenvalue weighted by molar-refractivity contribution is 7.91. The molecule has 0 aliphatic heterocycles. The first-order chi connectivity index (χ1) is 9.89. The molecule has 2 aromatic rings. The topological polar surface area (TPSA) is 102 Å². The summed E-state index contributed by atoms with van der Waals surface area (Å²) in [6, 6.07) is 7.40. The maximum absolute atomic E-state index is 11.8. The van der Waals surface area contributed by atoms with Gasteiger partial charge in [-0.2, -0.15) is 4.98 Å². The second kappa shape index (κ2) is 6.04. The zero-order chi connectivity index (χ0) is 15.5. The molecule has 8 heteroatoms. The second-order valence-corrected chi connectivity index (χ2v) is 6.65. The van der Waals surface area contributed by atoms with E-state index in [1.54, 1.807) is 0 Å². The molecule has 2 rings (SSSR count). The molecule has 0 aliphatic carbocycles. The van der Waals surface area contributed by atoms with E-state index in [0.29, 0.717) is 5.56 Å². The first-order valence-electron chi connectivity index (χ1n) is 6.20. The highest BCUT2D eigenvalue weighted by Crippen LogP contribution is 2.18. The van der Waals surface area contributed by atoms with Gasteiger partial charge in [0.25, 0.3) is 5.89 Å². The number of carbonyl (C=O) groups excluding carboxylic acids is 1. The number of aryl methyl sites for hydroxylation is 1. The lowest BCUT2D eigenvalue weighted by Gasteiger charge is -1.99. The molecule has 0 saturated carbocycles. The summed E-state index contributed by atoms with van der Waals surface area (Å²) >= 11 is 0. The van der Waals surface area contributed by atoms with Gasteiger partial charge >= 0.3 is 0 Å². The third kappa shape index (κ3) is 4.12. The Morgan fingerprint density at radius 3 is 2.57 bits per heavy atom. The Hall–Kier alpha value is -2.22. The Balaban J connectivity index is 2.13. The molecule has 1 aromatic heterocycles. The number of amides is 1. The SMILES string of the molecule is CNC(=O)CS(=O)(=O)Cc1noc(-c2ccc(C)cc2)n1. The van der Waals surface area contributed by atoms with Crippen LogP contribution in [0.3, 0.4) is 0 Å². The van der Waals surface area contributed by atoms with Crippen LogP contribution in [0.2, 0.25) is 0 Å². The first-order valence-corrected chi connectivity index (χ1v) is 8.02. The molecule has 1 amide bonds. The second-order valence-electron chi connectivity index (χ2n) is 4.59. The van der Waals surface area contributed by atoms with Crippen LogP contribution in [-0.2, 0) is 20.4 Å². The molecule has 1 N–H and O–H groups in total. The van der Waals surface area contributed by atoms with Gasteiger partial charge in [0.2, 0.25) is 5.91 Å². The van der Waals surface area contributed by atoms with Crippen LogP contribution in [-0.4, -0.2) is 37.3 Å². The zero-order valence-electron chi connectivity index (χ0n) is 11.7. The van der Waals surface area contributed by atoms with Crippen LogP contribution in [0.1, 0.15) is 11.4 Å². The van der Waals surface area contributed by atoms with Crippen molar-refractivity contribution in [3.63, 3.8) is 0 Å². The number of benzene rings is 1. The van der Waals surface area contributed by atoms with Crippen molar-refractivity contribution in [1.29, 1.82) is 0 Å². The first kappa shape index (κ1) is 15.2. The van der Waals surface area contributed by atoms with Crippen molar-refractivity contribution in [2.75, 3.05) is 12.8 Å². The molecular weight excluding hydrogens is 294 g/mol. The van der Waals surface area contributed by atoms with Gasteiger partial charge in [0.1, 0.15) is 11.5 Å². The van der Waals surface area contributed by atoms with Crippen LogP contribution in [0.5, 0.6) is 0 Å². The monoisotopic (exact) mass is 309 g/mol. The van der Waals surface area contributed by atoms with E-state index in [1.807, 2.05) is 31.2 Å². The fraction of sp³-hybridized carbons (Fsp3) is 0.308. The number of carbonyl (C=O) groups is 1. The van der Waals surface area contributed by atoms with Crippen molar-refractivity contribution in [1.82, 2.24) is 15.5 Å². The summed E-state index contributed by atoms with van der Waals surface area (Å²) in [4.78, 5) is 15.2. The standard InChI is InChI=1S/C13H15N3O4S/c1-9-3-5-10(6-4-9)13-15-11(16-20-13)7-21(18,19)8-12(17)14-2/h3-6H,7-8H2,1-2H3,(H,14,17).